The summed E-state index contributed by atoms with van der Waals surface area (Å²) in [4.78, 5) is 60.5. The van der Waals surface area contributed by atoms with Crippen LogP contribution in [0, 0.1) is 18.6 Å². The number of benzene rings is 4. The maximum atomic E-state index is 16.0. The van der Waals surface area contributed by atoms with Gasteiger partial charge in [0, 0.05) is 124 Å². The van der Waals surface area contributed by atoms with E-state index in [1.165, 1.54) is 9.80 Å². The van der Waals surface area contributed by atoms with Crippen LogP contribution < -0.4 is 10.1 Å². The van der Waals surface area contributed by atoms with Crippen LogP contribution in [0.5, 0.6) is 5.75 Å². The number of nitrogens with zero attached hydrogens (tertiary/aromatic N) is 7. The number of nitrogens with one attached hydrogen (secondary N) is 3. The summed E-state index contributed by atoms with van der Waals surface area (Å²) in [6.07, 6.45) is 14.9. The van der Waals surface area contributed by atoms with Gasteiger partial charge in [-0.05, 0) is 91.1 Å². The Labute approximate surface area is 446 Å². The van der Waals surface area contributed by atoms with Crippen LogP contribution in [0.2, 0.25) is 5.02 Å². The number of para-hydroxylation sites is 1. The van der Waals surface area contributed by atoms with E-state index >= 15 is 8.78 Å². The molecule has 0 bridgehead atoms. The van der Waals surface area contributed by atoms with E-state index in [0.29, 0.717) is 90.2 Å². The van der Waals surface area contributed by atoms with Gasteiger partial charge in [0.15, 0.2) is 11.6 Å². The zero-order valence-electron chi connectivity index (χ0n) is 44.1. The number of H-pyrrole nitrogens is 2. The number of rotatable bonds is 15. The van der Waals surface area contributed by atoms with Crippen molar-refractivity contribution in [1.29, 1.82) is 0 Å². The van der Waals surface area contributed by atoms with E-state index < -0.39 is 5.82 Å². The summed E-state index contributed by atoms with van der Waals surface area (Å²) < 4.78 is 39.0. The molecule has 0 saturated carbocycles. The molecule has 398 valence electrons. The minimum atomic E-state index is -0.466. The van der Waals surface area contributed by atoms with Crippen molar-refractivity contribution < 1.29 is 32.7 Å². The van der Waals surface area contributed by atoms with E-state index in [0.717, 1.165) is 51.9 Å². The number of halogens is 3. The highest BCUT2D eigenvalue weighted by Gasteiger charge is 2.27. The summed E-state index contributed by atoms with van der Waals surface area (Å²) in [5.41, 5.74) is 7.59. The van der Waals surface area contributed by atoms with Gasteiger partial charge in [-0.15, -0.1) is 5.10 Å². The van der Waals surface area contributed by atoms with Gasteiger partial charge in [0.2, 0.25) is 18.2 Å². The highest BCUT2D eigenvalue weighted by molar-refractivity contribution is 6.33. The Bertz CT molecular complexity index is 3290. The van der Waals surface area contributed by atoms with Crippen molar-refractivity contribution in [2.45, 2.75) is 52.5 Å². The highest BCUT2D eigenvalue weighted by atomic mass is 35.5. The zero-order valence-corrected chi connectivity index (χ0v) is 44.8. The molecule has 3 aromatic heterocycles. The first-order chi connectivity index (χ1) is 36.6. The van der Waals surface area contributed by atoms with Gasteiger partial charge in [0.25, 0.3) is 5.91 Å². The van der Waals surface area contributed by atoms with Gasteiger partial charge in [-0.2, -0.15) is 0 Å². The quantitative estimate of drug-likeness (QED) is 0.0675. The molecule has 18 heteroatoms. The van der Waals surface area contributed by atoms with Gasteiger partial charge in [0.1, 0.15) is 11.4 Å². The number of hydrogen-bond acceptors (Lipinski definition) is 8. The summed E-state index contributed by atoms with van der Waals surface area (Å²) in [6.45, 7) is 6.90. The average molecular weight is 1060 g/mol. The molecule has 0 radical (unpaired) electrons. The van der Waals surface area contributed by atoms with Crippen LogP contribution in [0.1, 0.15) is 66.3 Å². The molecule has 2 aliphatic rings. The molecule has 0 aliphatic carbocycles. The SMILES string of the molecule is CC/C=C\NCCC(=O)N1CCC=C(c2cc(-c3ccccc3OC)c3cc(C)[nH]c3c2F)C1.CN(C)C(=O)c1cc2c(-c3ccccc3Cl)cc(C3=CCCN(C(=O)CCn4ccnn4)C3)c(F)c2[nH]1.CN(C)C=O. The number of allylic oxidation sites excluding steroid dienone is 1. The number of aryl methyl sites for hydroxylation is 2. The minimum Gasteiger partial charge on any atom is -0.496 e. The number of amides is 4. The standard InChI is InChI=1S/C28H32FN3O2.C27H26ClFN6O2.C3H7NO/c1-4-5-13-30-14-12-26(33)32-15-8-9-20(18-32)22-17-23(21-10-6-7-11-25(21)34-3)24-16-19(2)31-28(24)27(22)29;1-33(2)27(37)23-15-21-20(18-7-3-4-8-22(18)28)14-19(25(29)26(21)31-23)17-6-5-11-34(16-17)24(36)9-12-35-13-10-30-32-35;1-4(2)3-5/h5-7,9-11,13,16-17,30-31H,4,8,12,14-15,18H2,1-3H3;3-4,6-8,10,13-15,31H,5,9,11-12,16H2,1-2H3;3H,1-2H3/b13-5-;;. The molecule has 2 aliphatic heterocycles. The van der Waals surface area contributed by atoms with Crippen molar-refractivity contribution in [3.63, 3.8) is 0 Å². The van der Waals surface area contributed by atoms with Gasteiger partial charge in [0.05, 0.1) is 30.9 Å². The Morgan fingerprint density at radius 3 is 1.95 bits per heavy atom. The summed E-state index contributed by atoms with van der Waals surface area (Å²) in [5.74, 6) is -0.235. The number of hydrogen-bond donors (Lipinski definition) is 3. The third kappa shape index (κ3) is 13.2. The van der Waals surface area contributed by atoms with Crippen molar-refractivity contribution in [1.82, 2.24) is 49.9 Å². The van der Waals surface area contributed by atoms with Crippen LogP contribution >= 0.6 is 11.6 Å². The van der Waals surface area contributed by atoms with Crippen LogP contribution in [0.4, 0.5) is 8.78 Å². The second-order valence-electron chi connectivity index (χ2n) is 18.8. The summed E-state index contributed by atoms with van der Waals surface area (Å²) in [6, 6.07) is 22.4. The van der Waals surface area contributed by atoms with Crippen LogP contribution in [-0.4, -0.2) is 137 Å². The lowest BCUT2D eigenvalue weighted by atomic mass is 9.93. The van der Waals surface area contributed by atoms with Gasteiger partial charge in [-0.3, -0.25) is 23.9 Å². The van der Waals surface area contributed by atoms with Crippen molar-refractivity contribution in [2.75, 3.05) is 68.0 Å². The van der Waals surface area contributed by atoms with Crippen molar-refractivity contribution in [3.05, 3.63) is 149 Å². The maximum absolute atomic E-state index is 16.0. The lowest BCUT2D eigenvalue weighted by molar-refractivity contribution is -0.131. The summed E-state index contributed by atoms with van der Waals surface area (Å²) in [7, 11) is 8.31. The van der Waals surface area contributed by atoms with Gasteiger partial charge < -0.3 is 39.6 Å². The topological polar surface area (TPSA) is 165 Å². The summed E-state index contributed by atoms with van der Waals surface area (Å²) >= 11 is 6.54. The van der Waals surface area contributed by atoms with E-state index in [1.54, 1.807) is 75.5 Å². The van der Waals surface area contributed by atoms with Crippen molar-refractivity contribution in [2.24, 2.45) is 0 Å². The van der Waals surface area contributed by atoms with E-state index in [1.807, 2.05) is 84.8 Å². The van der Waals surface area contributed by atoms with E-state index in [4.69, 9.17) is 16.3 Å². The second kappa shape index (κ2) is 25.9. The normalized spacial score (nSPS) is 13.3. The summed E-state index contributed by atoms with van der Waals surface area (Å²) in [5, 5.41) is 12.7. The average Bonchev–Trinajstić information content (AvgIpc) is 4.24. The van der Waals surface area contributed by atoms with Crippen LogP contribution in [0.15, 0.2) is 110 Å². The number of aromatic amines is 2. The minimum absolute atomic E-state index is 0.0346. The molecule has 0 spiro atoms. The first-order valence-electron chi connectivity index (χ1n) is 25.2. The fourth-order valence-electron chi connectivity index (χ4n) is 9.12. The molecule has 0 unspecified atom stereocenters. The first-order valence-corrected chi connectivity index (χ1v) is 25.6. The molecule has 0 fully saturated rings. The fourth-order valence-corrected chi connectivity index (χ4v) is 9.35. The Hall–Kier alpha value is -8.05. The molecule has 4 amide bonds. The molecule has 3 N–H and O–H groups in total. The maximum Gasteiger partial charge on any atom is 0.269 e. The van der Waals surface area contributed by atoms with Crippen LogP contribution in [-0.2, 0) is 20.9 Å². The monoisotopic (exact) mass is 1050 g/mol. The predicted octanol–water partition coefficient (Wildman–Crippen LogP) is 10.1. The molecule has 0 atom stereocenters. The number of methoxy groups -OCH3 is 1. The first kappa shape index (κ1) is 55.7. The molecular weight excluding hydrogens is 990 g/mol. The Morgan fingerprint density at radius 2 is 1.37 bits per heavy atom. The lowest BCUT2D eigenvalue weighted by Crippen LogP contribution is -2.36. The zero-order chi connectivity index (χ0) is 54.5. The fraction of sp³-hybridized carbons (Fsp3) is 0.310. The molecular formula is C58H65ClF2N10O5. The molecule has 15 nitrogen and oxygen atoms in total. The van der Waals surface area contributed by atoms with E-state index in [2.05, 4.69) is 38.6 Å². The largest absolute Gasteiger partial charge is 0.496 e. The van der Waals surface area contributed by atoms with Crippen LogP contribution in [0.25, 0.3) is 55.2 Å². The Morgan fingerprint density at radius 1 is 0.789 bits per heavy atom. The smallest absolute Gasteiger partial charge is 0.269 e. The van der Waals surface area contributed by atoms with Crippen LogP contribution in [0.3, 0.4) is 0 Å². The number of aromatic nitrogens is 5. The third-order valence-electron chi connectivity index (χ3n) is 12.9. The Kier molecular flexibility index (Phi) is 19.0. The predicted molar refractivity (Wildman–Crippen MR) is 296 cm³/mol. The third-order valence-corrected chi connectivity index (χ3v) is 13.3. The molecule has 0 saturated heterocycles. The molecule has 76 heavy (non-hydrogen) atoms. The van der Waals surface area contributed by atoms with Crippen molar-refractivity contribution in [3.8, 4) is 28.0 Å². The molecule has 9 rings (SSSR count). The van der Waals surface area contributed by atoms with Gasteiger partial charge in [-0.25, -0.2) is 8.78 Å². The number of fused-ring (bicyclic) bond motifs is 2. The molecule has 7 aromatic rings. The number of carbonyl (C=O) groups excluding carboxylic acids is 4. The number of carbonyl (C=O) groups is 4. The van der Waals surface area contributed by atoms with Gasteiger partial charge in [-0.1, -0.05) is 78.4 Å². The second-order valence-corrected chi connectivity index (χ2v) is 19.2. The highest BCUT2D eigenvalue weighted by Crippen LogP contribution is 2.41. The van der Waals surface area contributed by atoms with Gasteiger partial charge >= 0.3 is 0 Å². The van der Waals surface area contributed by atoms with E-state index in [-0.39, 0.29) is 47.7 Å². The molecule has 4 aromatic carbocycles. The lowest BCUT2D eigenvalue weighted by Gasteiger charge is -2.28. The van der Waals surface area contributed by atoms with Crippen molar-refractivity contribution >= 4 is 68.7 Å². The Balaban J connectivity index is 0.000000204. The molecule has 5 heterocycles. The number of ether oxygens (including phenoxy) is 1. The van der Waals surface area contributed by atoms with E-state index in [9.17, 15) is 19.2 Å².